The molecule has 0 atom stereocenters. The standard InChI is InChI=1S/C19H16F3N5O3/c20-19(21,22)16-8-12(11-1-2-14-15(7-11)30-10-29-14)24-17-9-13(25-27(16)17)18(28)26-5-3-23-4-6-26/h1-2,7-9,23H,3-6,10H2. The summed E-state index contributed by atoms with van der Waals surface area (Å²) in [4.78, 5) is 18.6. The molecule has 0 spiro atoms. The first-order valence-electron chi connectivity index (χ1n) is 9.28. The number of carbonyl (C=O) groups excluding carboxylic acids is 1. The van der Waals surface area contributed by atoms with Crippen molar-refractivity contribution in [2.24, 2.45) is 0 Å². The highest BCUT2D eigenvalue weighted by atomic mass is 19.4. The molecule has 1 N–H and O–H groups in total. The fourth-order valence-electron chi connectivity index (χ4n) is 3.51. The Morgan fingerprint density at radius 2 is 1.83 bits per heavy atom. The molecule has 2 aromatic heterocycles. The van der Waals surface area contributed by atoms with Crippen LogP contribution in [-0.4, -0.2) is 58.4 Å². The Bertz CT molecular complexity index is 1140. The summed E-state index contributed by atoms with van der Waals surface area (Å²) in [5, 5.41) is 7.04. The van der Waals surface area contributed by atoms with Crippen LogP contribution < -0.4 is 14.8 Å². The monoisotopic (exact) mass is 419 g/mol. The molecule has 2 aliphatic rings. The summed E-state index contributed by atoms with van der Waals surface area (Å²) < 4.78 is 52.5. The molecule has 5 rings (SSSR count). The maximum absolute atomic E-state index is 13.8. The highest BCUT2D eigenvalue weighted by Gasteiger charge is 2.36. The molecule has 0 aliphatic carbocycles. The fraction of sp³-hybridized carbons (Fsp3) is 0.316. The molecule has 0 radical (unpaired) electrons. The fourth-order valence-corrected chi connectivity index (χ4v) is 3.51. The second-order valence-electron chi connectivity index (χ2n) is 6.93. The van der Waals surface area contributed by atoms with Crippen molar-refractivity contribution < 1.29 is 27.4 Å². The summed E-state index contributed by atoms with van der Waals surface area (Å²) in [7, 11) is 0. The van der Waals surface area contributed by atoms with Crippen LogP contribution in [0.25, 0.3) is 16.9 Å². The number of fused-ring (bicyclic) bond motifs is 2. The predicted octanol–water partition coefficient (Wildman–Crippen LogP) is 2.19. The van der Waals surface area contributed by atoms with Crippen LogP contribution in [0, 0.1) is 0 Å². The number of ether oxygens (including phenoxy) is 2. The lowest BCUT2D eigenvalue weighted by molar-refractivity contribution is -0.142. The van der Waals surface area contributed by atoms with Crippen LogP contribution in [0.5, 0.6) is 11.5 Å². The van der Waals surface area contributed by atoms with E-state index in [4.69, 9.17) is 9.47 Å². The molecular formula is C19H16F3N5O3. The van der Waals surface area contributed by atoms with E-state index >= 15 is 0 Å². The molecule has 1 amide bonds. The average molecular weight is 419 g/mol. The molecule has 30 heavy (non-hydrogen) atoms. The summed E-state index contributed by atoms with van der Waals surface area (Å²) in [5.74, 6) is 0.537. The van der Waals surface area contributed by atoms with Gasteiger partial charge in [-0.1, -0.05) is 0 Å². The molecule has 1 fully saturated rings. The normalized spacial score (nSPS) is 16.3. The van der Waals surface area contributed by atoms with Crippen molar-refractivity contribution in [1.29, 1.82) is 0 Å². The number of rotatable bonds is 2. The van der Waals surface area contributed by atoms with Crippen LogP contribution >= 0.6 is 0 Å². The van der Waals surface area contributed by atoms with Gasteiger partial charge in [-0.3, -0.25) is 4.79 Å². The summed E-state index contributed by atoms with van der Waals surface area (Å²) in [6.07, 6.45) is -4.69. The number of amides is 1. The van der Waals surface area contributed by atoms with E-state index in [0.29, 0.717) is 47.8 Å². The summed E-state index contributed by atoms with van der Waals surface area (Å²) >= 11 is 0. The smallest absolute Gasteiger partial charge is 0.433 e. The van der Waals surface area contributed by atoms with E-state index in [9.17, 15) is 18.0 Å². The van der Waals surface area contributed by atoms with E-state index in [2.05, 4.69) is 15.4 Å². The number of benzene rings is 1. The SMILES string of the molecule is O=C(c1cc2nc(-c3ccc4c(c3)OCO4)cc(C(F)(F)F)n2n1)N1CCNCC1. The average Bonchev–Trinajstić information content (AvgIpc) is 3.38. The van der Waals surface area contributed by atoms with Gasteiger partial charge in [-0.2, -0.15) is 18.3 Å². The third kappa shape index (κ3) is 3.20. The van der Waals surface area contributed by atoms with Gasteiger partial charge in [-0.05, 0) is 24.3 Å². The Hall–Kier alpha value is -3.34. The van der Waals surface area contributed by atoms with Crippen LogP contribution in [0.2, 0.25) is 0 Å². The van der Waals surface area contributed by atoms with Gasteiger partial charge < -0.3 is 19.7 Å². The molecule has 0 bridgehead atoms. The molecule has 1 saturated heterocycles. The molecule has 1 aromatic carbocycles. The number of hydrogen-bond donors (Lipinski definition) is 1. The van der Waals surface area contributed by atoms with Gasteiger partial charge in [-0.15, -0.1) is 0 Å². The maximum Gasteiger partial charge on any atom is 0.433 e. The second-order valence-corrected chi connectivity index (χ2v) is 6.93. The number of aromatic nitrogens is 3. The predicted molar refractivity (Wildman–Crippen MR) is 98.3 cm³/mol. The number of alkyl halides is 3. The highest BCUT2D eigenvalue weighted by molar-refractivity contribution is 5.93. The van der Waals surface area contributed by atoms with Gasteiger partial charge in [0.15, 0.2) is 28.5 Å². The zero-order chi connectivity index (χ0) is 20.9. The minimum atomic E-state index is -4.69. The van der Waals surface area contributed by atoms with Crippen LogP contribution in [-0.2, 0) is 6.18 Å². The van der Waals surface area contributed by atoms with Crippen molar-refractivity contribution in [3.05, 3.63) is 41.7 Å². The van der Waals surface area contributed by atoms with E-state index in [1.165, 1.54) is 6.07 Å². The van der Waals surface area contributed by atoms with Gasteiger partial charge in [0.1, 0.15) is 0 Å². The van der Waals surface area contributed by atoms with Crippen LogP contribution in [0.1, 0.15) is 16.2 Å². The van der Waals surface area contributed by atoms with Crippen molar-refractivity contribution in [3.63, 3.8) is 0 Å². The maximum atomic E-state index is 13.8. The van der Waals surface area contributed by atoms with Gasteiger partial charge in [0.25, 0.3) is 5.91 Å². The van der Waals surface area contributed by atoms with Crippen LogP contribution in [0.4, 0.5) is 13.2 Å². The molecular weight excluding hydrogens is 403 g/mol. The summed E-state index contributed by atoms with van der Waals surface area (Å²) in [6.45, 7) is 2.24. The van der Waals surface area contributed by atoms with E-state index < -0.39 is 17.8 Å². The number of nitrogens with one attached hydrogen (secondary N) is 1. The minimum absolute atomic E-state index is 0.0547. The zero-order valence-corrected chi connectivity index (χ0v) is 15.6. The zero-order valence-electron chi connectivity index (χ0n) is 15.6. The first-order valence-corrected chi connectivity index (χ1v) is 9.28. The Balaban J connectivity index is 1.60. The van der Waals surface area contributed by atoms with Crippen LogP contribution in [0.3, 0.4) is 0 Å². The summed E-state index contributed by atoms with van der Waals surface area (Å²) in [6, 6.07) is 7.00. The van der Waals surface area contributed by atoms with E-state index in [-0.39, 0.29) is 23.8 Å². The van der Waals surface area contributed by atoms with Gasteiger partial charge in [-0.25, -0.2) is 9.50 Å². The van der Waals surface area contributed by atoms with E-state index in [0.717, 1.165) is 6.07 Å². The lowest BCUT2D eigenvalue weighted by atomic mass is 10.1. The topological polar surface area (TPSA) is 81.0 Å². The first-order chi connectivity index (χ1) is 14.4. The van der Waals surface area contributed by atoms with Gasteiger partial charge in [0, 0.05) is 37.8 Å². The largest absolute Gasteiger partial charge is 0.454 e. The molecule has 11 heteroatoms. The Morgan fingerprint density at radius 1 is 1.07 bits per heavy atom. The minimum Gasteiger partial charge on any atom is -0.454 e. The van der Waals surface area contributed by atoms with Gasteiger partial charge in [0.05, 0.1) is 5.69 Å². The Kier molecular flexibility index (Phi) is 4.28. The van der Waals surface area contributed by atoms with Crippen LogP contribution in [0.15, 0.2) is 30.3 Å². The Labute approximate surface area is 168 Å². The van der Waals surface area contributed by atoms with Crippen molar-refractivity contribution in [2.75, 3.05) is 33.0 Å². The third-order valence-corrected chi connectivity index (χ3v) is 5.01. The van der Waals surface area contributed by atoms with E-state index in [1.54, 1.807) is 23.1 Å². The van der Waals surface area contributed by atoms with Crippen molar-refractivity contribution in [2.45, 2.75) is 6.18 Å². The molecule has 4 heterocycles. The number of carbonyl (C=O) groups is 1. The van der Waals surface area contributed by atoms with Crippen molar-refractivity contribution in [1.82, 2.24) is 24.8 Å². The van der Waals surface area contributed by atoms with Gasteiger partial charge >= 0.3 is 6.18 Å². The van der Waals surface area contributed by atoms with E-state index in [1.807, 2.05) is 0 Å². The number of halogens is 3. The molecule has 2 aliphatic heterocycles. The summed E-state index contributed by atoms with van der Waals surface area (Å²) in [5.41, 5.74) is -0.620. The molecule has 8 nitrogen and oxygen atoms in total. The van der Waals surface area contributed by atoms with Gasteiger partial charge in [0.2, 0.25) is 6.79 Å². The molecule has 0 saturated carbocycles. The number of piperazine rings is 1. The molecule has 0 unspecified atom stereocenters. The lowest BCUT2D eigenvalue weighted by Gasteiger charge is -2.26. The Morgan fingerprint density at radius 3 is 2.60 bits per heavy atom. The number of nitrogens with zero attached hydrogens (tertiary/aromatic N) is 4. The van der Waals surface area contributed by atoms with Crippen molar-refractivity contribution in [3.8, 4) is 22.8 Å². The first kappa shape index (κ1) is 18.7. The van der Waals surface area contributed by atoms with Crippen molar-refractivity contribution >= 4 is 11.6 Å². The highest BCUT2D eigenvalue weighted by Crippen LogP contribution is 2.37. The third-order valence-electron chi connectivity index (χ3n) is 5.01. The quantitative estimate of drug-likeness (QED) is 0.686. The lowest BCUT2D eigenvalue weighted by Crippen LogP contribution is -2.46. The second kappa shape index (κ2) is 6.87. The number of hydrogen-bond acceptors (Lipinski definition) is 6. The molecule has 3 aromatic rings. The molecule has 156 valence electrons.